The fourth-order valence-corrected chi connectivity index (χ4v) is 4.27. The topological polar surface area (TPSA) is 93.7 Å². The number of amides is 1. The Morgan fingerprint density at radius 2 is 1.74 bits per heavy atom. The molecule has 170 valence electrons. The van der Waals surface area contributed by atoms with Gasteiger partial charge in [0.25, 0.3) is 0 Å². The summed E-state index contributed by atoms with van der Waals surface area (Å²) in [6.45, 7) is 8.41. The molecule has 2 aromatic rings. The zero-order valence-corrected chi connectivity index (χ0v) is 19.6. The molecule has 0 fully saturated rings. The first kappa shape index (κ1) is 24.7. The summed E-state index contributed by atoms with van der Waals surface area (Å²) < 4.78 is 39.0. The van der Waals surface area contributed by atoms with Crippen molar-refractivity contribution in [2.75, 3.05) is 13.7 Å². The number of methoxy groups -OCH3 is 1. The highest BCUT2D eigenvalue weighted by Crippen LogP contribution is 2.28. The minimum atomic E-state index is -3.82. The zero-order chi connectivity index (χ0) is 23.0. The number of carbonyl (C=O) groups is 1. The van der Waals surface area contributed by atoms with Crippen LogP contribution in [0.3, 0.4) is 0 Å². The molecule has 1 unspecified atom stereocenters. The van der Waals surface area contributed by atoms with Crippen molar-refractivity contribution >= 4 is 15.9 Å². The summed E-state index contributed by atoms with van der Waals surface area (Å²) in [7, 11) is -2.27. The first-order valence-electron chi connectivity index (χ1n) is 10.3. The van der Waals surface area contributed by atoms with Crippen molar-refractivity contribution in [1.82, 2.24) is 10.0 Å². The van der Waals surface area contributed by atoms with Crippen molar-refractivity contribution in [1.29, 1.82) is 0 Å². The Bertz CT molecular complexity index is 972. The summed E-state index contributed by atoms with van der Waals surface area (Å²) in [5.74, 6) is 0.954. The van der Waals surface area contributed by atoms with Gasteiger partial charge in [-0.05, 0) is 56.0 Å². The van der Waals surface area contributed by atoms with E-state index in [0.29, 0.717) is 24.5 Å². The number of aryl methyl sites for hydroxylation is 1. The molecule has 0 heterocycles. The standard InChI is InChI=1S/C23H32N2O5S/c1-6-30-21-12-9-18(14-22(21)29-5)15-24-23(26)20(13-16(2)3)25-31(27,28)19-10-7-17(4)8-11-19/h7-12,14,16,20,25H,6,13,15H2,1-5H3,(H,24,26). The monoisotopic (exact) mass is 448 g/mol. The van der Waals surface area contributed by atoms with Crippen LogP contribution in [0.5, 0.6) is 11.5 Å². The highest BCUT2D eigenvalue weighted by molar-refractivity contribution is 7.89. The summed E-state index contributed by atoms with van der Waals surface area (Å²) in [6, 6.07) is 11.1. The fraction of sp³-hybridized carbons (Fsp3) is 0.435. The van der Waals surface area contributed by atoms with Gasteiger partial charge in [0.15, 0.2) is 11.5 Å². The number of nitrogens with one attached hydrogen (secondary N) is 2. The van der Waals surface area contributed by atoms with Gasteiger partial charge in [-0.15, -0.1) is 0 Å². The highest BCUT2D eigenvalue weighted by Gasteiger charge is 2.26. The molecule has 0 aromatic heterocycles. The van der Waals surface area contributed by atoms with E-state index < -0.39 is 16.1 Å². The second-order valence-electron chi connectivity index (χ2n) is 7.75. The van der Waals surface area contributed by atoms with Crippen LogP contribution in [0.2, 0.25) is 0 Å². The van der Waals surface area contributed by atoms with Gasteiger partial charge in [0.05, 0.1) is 18.6 Å². The molecule has 0 aliphatic rings. The van der Waals surface area contributed by atoms with Crippen LogP contribution in [0.25, 0.3) is 0 Å². The molecule has 0 radical (unpaired) electrons. The van der Waals surface area contributed by atoms with Crippen molar-refractivity contribution in [3.8, 4) is 11.5 Å². The van der Waals surface area contributed by atoms with Crippen molar-refractivity contribution in [3.63, 3.8) is 0 Å². The van der Waals surface area contributed by atoms with E-state index in [1.165, 1.54) is 12.1 Å². The lowest BCUT2D eigenvalue weighted by Gasteiger charge is -2.20. The van der Waals surface area contributed by atoms with E-state index >= 15 is 0 Å². The maximum Gasteiger partial charge on any atom is 0.241 e. The van der Waals surface area contributed by atoms with Gasteiger partial charge in [-0.1, -0.05) is 37.6 Å². The predicted molar refractivity (Wildman–Crippen MR) is 121 cm³/mol. The average Bonchev–Trinajstić information content (AvgIpc) is 2.72. The van der Waals surface area contributed by atoms with Crippen molar-refractivity contribution in [2.45, 2.75) is 51.6 Å². The maximum absolute atomic E-state index is 12.8. The van der Waals surface area contributed by atoms with Gasteiger partial charge in [-0.3, -0.25) is 4.79 Å². The molecule has 8 heteroatoms. The van der Waals surface area contributed by atoms with E-state index in [9.17, 15) is 13.2 Å². The normalized spacial score (nSPS) is 12.5. The molecule has 2 rings (SSSR count). The number of hydrogen-bond donors (Lipinski definition) is 2. The summed E-state index contributed by atoms with van der Waals surface area (Å²) in [5.41, 5.74) is 1.78. The fourth-order valence-electron chi connectivity index (χ4n) is 3.06. The van der Waals surface area contributed by atoms with E-state index in [-0.39, 0.29) is 23.3 Å². The molecular formula is C23H32N2O5S. The van der Waals surface area contributed by atoms with Crippen LogP contribution < -0.4 is 19.5 Å². The molecule has 0 saturated carbocycles. The molecule has 1 atom stereocenters. The molecule has 0 aliphatic heterocycles. The first-order valence-corrected chi connectivity index (χ1v) is 11.8. The number of ether oxygens (including phenoxy) is 2. The molecule has 2 aromatic carbocycles. The van der Waals surface area contributed by atoms with E-state index in [4.69, 9.17) is 9.47 Å². The lowest BCUT2D eigenvalue weighted by atomic mass is 10.0. The molecular weight excluding hydrogens is 416 g/mol. The quantitative estimate of drug-likeness (QED) is 0.549. The lowest BCUT2D eigenvalue weighted by molar-refractivity contribution is -0.123. The average molecular weight is 449 g/mol. The molecule has 0 bridgehead atoms. The Morgan fingerprint density at radius 3 is 2.32 bits per heavy atom. The second kappa shape index (κ2) is 11.2. The number of hydrogen-bond acceptors (Lipinski definition) is 5. The van der Waals surface area contributed by atoms with Gasteiger partial charge < -0.3 is 14.8 Å². The number of benzene rings is 2. The smallest absolute Gasteiger partial charge is 0.241 e. The summed E-state index contributed by atoms with van der Waals surface area (Å²) >= 11 is 0. The number of sulfonamides is 1. The molecule has 7 nitrogen and oxygen atoms in total. The molecule has 1 amide bonds. The Labute approximate surface area is 185 Å². The van der Waals surface area contributed by atoms with Gasteiger partial charge in [0, 0.05) is 6.54 Å². The summed E-state index contributed by atoms with van der Waals surface area (Å²) in [6.07, 6.45) is 0.378. The number of rotatable bonds is 11. The molecule has 0 saturated heterocycles. The zero-order valence-electron chi connectivity index (χ0n) is 18.8. The van der Waals surface area contributed by atoms with Crippen molar-refractivity contribution in [3.05, 3.63) is 53.6 Å². The van der Waals surface area contributed by atoms with Crippen LogP contribution in [0.15, 0.2) is 47.4 Å². The van der Waals surface area contributed by atoms with E-state index in [1.807, 2.05) is 33.8 Å². The van der Waals surface area contributed by atoms with Crippen LogP contribution in [0.1, 0.15) is 38.3 Å². The molecule has 0 spiro atoms. The minimum absolute atomic E-state index is 0.127. The molecule has 31 heavy (non-hydrogen) atoms. The first-order chi connectivity index (χ1) is 14.7. The van der Waals surface area contributed by atoms with Crippen molar-refractivity contribution in [2.24, 2.45) is 5.92 Å². The second-order valence-corrected chi connectivity index (χ2v) is 9.47. The van der Waals surface area contributed by atoms with Crippen LogP contribution in [-0.2, 0) is 21.4 Å². The maximum atomic E-state index is 12.8. The largest absolute Gasteiger partial charge is 0.493 e. The van der Waals surface area contributed by atoms with Crippen LogP contribution in [0, 0.1) is 12.8 Å². The Morgan fingerprint density at radius 1 is 1.06 bits per heavy atom. The van der Waals surface area contributed by atoms with Gasteiger partial charge in [-0.2, -0.15) is 4.72 Å². The third-order valence-electron chi connectivity index (χ3n) is 4.65. The van der Waals surface area contributed by atoms with Gasteiger partial charge >= 0.3 is 0 Å². The molecule has 2 N–H and O–H groups in total. The Hall–Kier alpha value is -2.58. The summed E-state index contributed by atoms with van der Waals surface area (Å²) in [4.78, 5) is 13.0. The summed E-state index contributed by atoms with van der Waals surface area (Å²) in [5, 5.41) is 2.83. The predicted octanol–water partition coefficient (Wildman–Crippen LogP) is 3.41. The van der Waals surface area contributed by atoms with Gasteiger partial charge in [-0.25, -0.2) is 8.42 Å². The van der Waals surface area contributed by atoms with E-state index in [0.717, 1.165) is 11.1 Å². The van der Waals surface area contributed by atoms with Gasteiger partial charge in [0.2, 0.25) is 15.9 Å². The number of carbonyl (C=O) groups excluding carboxylic acids is 1. The lowest BCUT2D eigenvalue weighted by Crippen LogP contribution is -2.47. The highest BCUT2D eigenvalue weighted by atomic mass is 32.2. The third kappa shape index (κ3) is 7.25. The van der Waals surface area contributed by atoms with Crippen molar-refractivity contribution < 1.29 is 22.7 Å². The SMILES string of the molecule is CCOc1ccc(CNC(=O)C(CC(C)C)NS(=O)(=O)c2ccc(C)cc2)cc1OC. The van der Waals surface area contributed by atoms with E-state index in [2.05, 4.69) is 10.0 Å². The van der Waals surface area contributed by atoms with Crippen LogP contribution >= 0.6 is 0 Å². The third-order valence-corrected chi connectivity index (χ3v) is 6.13. The Balaban J connectivity index is 2.12. The minimum Gasteiger partial charge on any atom is -0.493 e. The van der Waals surface area contributed by atoms with Crippen LogP contribution in [0.4, 0.5) is 0 Å². The van der Waals surface area contributed by atoms with Crippen LogP contribution in [-0.4, -0.2) is 34.1 Å². The van der Waals surface area contributed by atoms with Gasteiger partial charge in [0.1, 0.15) is 6.04 Å². The van der Waals surface area contributed by atoms with E-state index in [1.54, 1.807) is 31.4 Å². The molecule has 0 aliphatic carbocycles. The Kier molecular flexibility index (Phi) is 8.88.